The first kappa shape index (κ1) is 30.5. The summed E-state index contributed by atoms with van der Waals surface area (Å²) in [6.07, 6.45) is 0.506. The summed E-state index contributed by atoms with van der Waals surface area (Å²) < 4.78 is 20.1. The Morgan fingerprint density at radius 2 is 1.60 bits per heavy atom. The number of benzene rings is 2. The van der Waals surface area contributed by atoms with Crippen molar-refractivity contribution in [1.82, 2.24) is 4.57 Å². The van der Waals surface area contributed by atoms with Crippen LogP contribution in [0.2, 0.25) is 0 Å². The highest BCUT2D eigenvalue weighted by Crippen LogP contribution is 2.44. The number of carbonyl (C=O) groups is 1. The molecular formula is C32H44BNO5S. The molecule has 6 nitrogen and oxygen atoms in total. The molecule has 0 atom stereocenters. The quantitative estimate of drug-likeness (QED) is 0.186. The second-order valence-electron chi connectivity index (χ2n) is 13.4. The number of thioether (sulfide) groups is 1. The van der Waals surface area contributed by atoms with Crippen molar-refractivity contribution in [2.75, 3.05) is 6.61 Å². The van der Waals surface area contributed by atoms with E-state index in [1.165, 1.54) is 0 Å². The van der Waals surface area contributed by atoms with E-state index < -0.39 is 23.7 Å². The molecular weight excluding hydrogens is 521 g/mol. The molecule has 0 saturated carbocycles. The van der Waals surface area contributed by atoms with Crippen LogP contribution < -0.4 is 5.46 Å². The van der Waals surface area contributed by atoms with Crippen molar-refractivity contribution in [3.63, 3.8) is 0 Å². The number of aromatic hydroxyl groups is 1. The monoisotopic (exact) mass is 565 g/mol. The molecule has 1 fully saturated rings. The van der Waals surface area contributed by atoms with E-state index in [1.54, 1.807) is 17.8 Å². The first-order valence-electron chi connectivity index (χ1n) is 14.1. The van der Waals surface area contributed by atoms with Gasteiger partial charge in [-0.1, -0.05) is 45.0 Å². The van der Waals surface area contributed by atoms with Gasteiger partial charge in [0.1, 0.15) is 5.75 Å². The van der Waals surface area contributed by atoms with Gasteiger partial charge < -0.3 is 23.7 Å². The fourth-order valence-electron chi connectivity index (χ4n) is 4.90. The highest BCUT2D eigenvalue weighted by Gasteiger charge is 2.51. The van der Waals surface area contributed by atoms with E-state index in [2.05, 4.69) is 77.3 Å². The van der Waals surface area contributed by atoms with Gasteiger partial charge >= 0.3 is 13.1 Å². The van der Waals surface area contributed by atoms with Crippen LogP contribution in [0, 0.1) is 5.41 Å². The summed E-state index contributed by atoms with van der Waals surface area (Å²) in [7, 11) is -0.412. The van der Waals surface area contributed by atoms with Crippen LogP contribution in [0.15, 0.2) is 47.4 Å². The van der Waals surface area contributed by atoms with Crippen LogP contribution in [0.3, 0.4) is 0 Å². The number of hydrogen-bond acceptors (Lipinski definition) is 6. The van der Waals surface area contributed by atoms with Crippen molar-refractivity contribution in [3.8, 4) is 5.75 Å². The molecule has 1 saturated heterocycles. The second-order valence-corrected chi connectivity index (χ2v) is 15.2. The van der Waals surface area contributed by atoms with Crippen molar-refractivity contribution >= 4 is 41.2 Å². The number of ether oxygens (including phenoxy) is 1. The van der Waals surface area contributed by atoms with Gasteiger partial charge in [-0.05, 0) is 77.7 Å². The van der Waals surface area contributed by atoms with Crippen LogP contribution in [0.1, 0.15) is 80.5 Å². The number of fused-ring (bicyclic) bond motifs is 1. The molecule has 0 amide bonds. The number of phenolic OH excluding ortho intramolecular Hbond substituents is 1. The molecule has 8 heteroatoms. The molecule has 0 aliphatic carbocycles. The normalized spacial score (nSPS) is 17.0. The Morgan fingerprint density at radius 3 is 2.15 bits per heavy atom. The number of nitrogens with zero attached hydrogens (tertiary/aromatic N) is 1. The van der Waals surface area contributed by atoms with E-state index in [9.17, 15) is 9.90 Å². The van der Waals surface area contributed by atoms with Crippen LogP contribution in [0.5, 0.6) is 5.75 Å². The standard InChI is InChI=1S/C32H44BNO5S/c1-11-37-28(36)30(5,6)19-26-27(40-29(2,3)4)24-18-23(35)16-17-25(24)34(26)20-21-12-14-22(15-13-21)33-38-31(7,8)32(9,10)39-33/h12-18,35H,11,19-20H2,1-10H3. The molecule has 3 aromatic rings. The van der Waals surface area contributed by atoms with Gasteiger partial charge in [0, 0.05) is 39.2 Å². The SMILES string of the molecule is CCOC(=O)C(C)(C)Cc1c(SC(C)(C)C)c2cc(O)ccc2n1Cc1ccc(B2OC(C)(C)C(C)(C)O2)cc1. The van der Waals surface area contributed by atoms with Gasteiger partial charge in [0.15, 0.2) is 0 Å². The highest BCUT2D eigenvalue weighted by molar-refractivity contribution is 8.00. The second kappa shape index (κ2) is 10.8. The van der Waals surface area contributed by atoms with Gasteiger partial charge in [0.25, 0.3) is 0 Å². The van der Waals surface area contributed by atoms with Crippen molar-refractivity contribution < 1.29 is 23.9 Å². The minimum atomic E-state index is -0.724. The van der Waals surface area contributed by atoms with E-state index in [1.807, 2.05) is 32.9 Å². The van der Waals surface area contributed by atoms with E-state index in [4.69, 9.17) is 14.0 Å². The summed E-state index contributed by atoms with van der Waals surface area (Å²) >= 11 is 1.76. The molecule has 216 valence electrons. The lowest BCUT2D eigenvalue weighted by Crippen LogP contribution is -2.41. The minimum absolute atomic E-state index is 0.0715. The average molecular weight is 566 g/mol. The maximum atomic E-state index is 13.0. The van der Waals surface area contributed by atoms with Crippen LogP contribution in [0.25, 0.3) is 10.9 Å². The van der Waals surface area contributed by atoms with Gasteiger partial charge in [-0.2, -0.15) is 0 Å². The lowest BCUT2D eigenvalue weighted by Gasteiger charge is -2.32. The van der Waals surface area contributed by atoms with Crippen LogP contribution in [0.4, 0.5) is 0 Å². The number of esters is 1. The maximum absolute atomic E-state index is 13.0. The van der Waals surface area contributed by atoms with Gasteiger partial charge in [-0.15, -0.1) is 11.8 Å². The van der Waals surface area contributed by atoms with Gasteiger partial charge in [-0.25, -0.2) is 0 Å². The van der Waals surface area contributed by atoms with Crippen molar-refractivity contribution in [3.05, 3.63) is 53.7 Å². The van der Waals surface area contributed by atoms with Crippen molar-refractivity contribution in [2.45, 2.75) is 103 Å². The average Bonchev–Trinajstić information content (AvgIpc) is 3.21. The van der Waals surface area contributed by atoms with Gasteiger partial charge in [0.05, 0.1) is 23.2 Å². The summed E-state index contributed by atoms with van der Waals surface area (Å²) in [5.74, 6) is 0.0107. The number of carbonyl (C=O) groups excluding carboxylic acids is 1. The molecule has 1 aliphatic rings. The van der Waals surface area contributed by atoms with Gasteiger partial charge in [0.2, 0.25) is 0 Å². The predicted molar refractivity (Wildman–Crippen MR) is 165 cm³/mol. The zero-order valence-corrected chi connectivity index (χ0v) is 26.5. The molecule has 1 N–H and O–H groups in total. The Labute approximate surface area is 243 Å². The Morgan fingerprint density at radius 1 is 1.00 bits per heavy atom. The van der Waals surface area contributed by atoms with Gasteiger partial charge in [-0.3, -0.25) is 4.79 Å². The topological polar surface area (TPSA) is 69.9 Å². The van der Waals surface area contributed by atoms with E-state index in [0.29, 0.717) is 19.6 Å². The maximum Gasteiger partial charge on any atom is 0.494 e. The Balaban J connectivity index is 1.76. The summed E-state index contributed by atoms with van der Waals surface area (Å²) in [5.41, 5.74) is 2.67. The lowest BCUT2D eigenvalue weighted by atomic mass is 9.79. The molecule has 2 heterocycles. The number of hydrogen-bond donors (Lipinski definition) is 1. The third kappa shape index (κ3) is 6.24. The molecule has 1 aliphatic heterocycles. The van der Waals surface area contributed by atoms with Crippen molar-refractivity contribution in [1.29, 1.82) is 0 Å². The largest absolute Gasteiger partial charge is 0.508 e. The predicted octanol–water partition coefficient (Wildman–Crippen LogP) is 6.72. The summed E-state index contributed by atoms with van der Waals surface area (Å²) in [6.45, 7) is 21.4. The lowest BCUT2D eigenvalue weighted by molar-refractivity contribution is -0.153. The summed E-state index contributed by atoms with van der Waals surface area (Å²) in [6, 6.07) is 13.9. The summed E-state index contributed by atoms with van der Waals surface area (Å²) in [5, 5.41) is 11.4. The van der Waals surface area contributed by atoms with Crippen molar-refractivity contribution in [2.24, 2.45) is 5.41 Å². The van der Waals surface area contributed by atoms with E-state index in [-0.39, 0.29) is 16.5 Å². The number of phenols is 1. The molecule has 0 spiro atoms. The Hall–Kier alpha value is -2.42. The number of aromatic nitrogens is 1. The third-order valence-electron chi connectivity index (χ3n) is 7.79. The number of rotatable bonds is 8. The zero-order valence-electron chi connectivity index (χ0n) is 25.7. The molecule has 2 aromatic carbocycles. The van der Waals surface area contributed by atoms with E-state index >= 15 is 0 Å². The van der Waals surface area contributed by atoms with Crippen LogP contribution in [-0.2, 0) is 31.8 Å². The summed E-state index contributed by atoms with van der Waals surface area (Å²) in [4.78, 5) is 14.0. The first-order chi connectivity index (χ1) is 18.4. The minimum Gasteiger partial charge on any atom is -0.508 e. The Bertz CT molecular complexity index is 1370. The molecule has 40 heavy (non-hydrogen) atoms. The van der Waals surface area contributed by atoms with E-state index in [0.717, 1.165) is 32.5 Å². The third-order valence-corrected chi connectivity index (χ3v) is 9.07. The smallest absolute Gasteiger partial charge is 0.494 e. The first-order valence-corrected chi connectivity index (χ1v) is 14.9. The van der Waals surface area contributed by atoms with Crippen LogP contribution >= 0.6 is 11.8 Å². The molecule has 1 aromatic heterocycles. The fourth-order valence-corrected chi connectivity index (χ4v) is 6.09. The molecule has 0 unspecified atom stereocenters. The highest BCUT2D eigenvalue weighted by atomic mass is 32.2. The fraction of sp³-hybridized carbons (Fsp3) is 0.531. The Kier molecular flexibility index (Phi) is 8.22. The molecule has 0 bridgehead atoms. The van der Waals surface area contributed by atoms with Crippen LogP contribution in [-0.4, -0.2) is 45.3 Å². The zero-order chi connectivity index (χ0) is 29.7. The molecule has 4 rings (SSSR count). The molecule has 0 radical (unpaired) electrons.